The Morgan fingerprint density at radius 2 is 2.00 bits per heavy atom. The van der Waals surface area contributed by atoms with Crippen LogP contribution in [0, 0.1) is 6.92 Å². The highest BCUT2D eigenvalue weighted by atomic mass is 79.9. The first-order valence-electron chi connectivity index (χ1n) is 3.12. The molecule has 2 nitrogen and oxygen atoms in total. The van der Waals surface area contributed by atoms with Gasteiger partial charge < -0.3 is 0 Å². The third-order valence-corrected chi connectivity index (χ3v) is 4.10. The summed E-state index contributed by atoms with van der Waals surface area (Å²) in [6.45, 7) is 1.80. The molecule has 0 atom stereocenters. The zero-order valence-electron chi connectivity index (χ0n) is 6.21. The fraction of sp³-hybridized carbons (Fsp3) is 0.143. The van der Waals surface area contributed by atoms with E-state index in [1.807, 2.05) is 0 Å². The second-order valence-corrected chi connectivity index (χ2v) is 5.65. The van der Waals surface area contributed by atoms with E-state index in [1.165, 1.54) is 6.07 Å². The number of aryl methyl sites for hydroxylation is 1. The van der Waals surface area contributed by atoms with Crippen LogP contribution in [0.25, 0.3) is 0 Å². The Morgan fingerprint density at radius 3 is 2.42 bits per heavy atom. The Morgan fingerprint density at radius 1 is 1.42 bits per heavy atom. The summed E-state index contributed by atoms with van der Waals surface area (Å²) in [5.74, 6) is 0. The normalized spacial score (nSPS) is 11.6. The van der Waals surface area contributed by atoms with Crippen molar-refractivity contribution >= 4 is 35.7 Å². The quantitative estimate of drug-likeness (QED) is 0.735. The lowest BCUT2D eigenvalue weighted by molar-refractivity contribution is 0.609. The van der Waals surface area contributed by atoms with E-state index >= 15 is 0 Å². The van der Waals surface area contributed by atoms with Gasteiger partial charge in [-0.2, -0.15) is 0 Å². The van der Waals surface area contributed by atoms with Crippen molar-refractivity contribution in [3.8, 4) is 0 Å². The smallest absolute Gasteiger partial charge is 0.207 e. The molecule has 0 bridgehead atoms. The Balaban J connectivity index is 3.47. The predicted molar refractivity (Wildman–Crippen MR) is 51.9 cm³/mol. The lowest BCUT2D eigenvalue weighted by atomic mass is 10.2. The van der Waals surface area contributed by atoms with Gasteiger partial charge >= 0.3 is 0 Å². The Kier molecular flexibility index (Phi) is 2.81. The minimum absolute atomic E-state index is 0.115. The predicted octanol–water partition coefficient (Wildman–Crippen LogP) is 2.69. The molecule has 0 spiro atoms. The standard InChI is InChI=1S/C7H6BrClO2S/c1-5-3-2-4-6(7(5)8)12(9,10)11/h2-4H,1H3. The van der Waals surface area contributed by atoms with E-state index < -0.39 is 9.05 Å². The minimum Gasteiger partial charge on any atom is -0.207 e. The van der Waals surface area contributed by atoms with Crippen molar-refractivity contribution in [3.63, 3.8) is 0 Å². The molecule has 0 amide bonds. The summed E-state index contributed by atoms with van der Waals surface area (Å²) in [6, 6.07) is 4.91. The average molecular weight is 270 g/mol. The van der Waals surface area contributed by atoms with Crippen molar-refractivity contribution < 1.29 is 8.42 Å². The van der Waals surface area contributed by atoms with Gasteiger partial charge in [-0.25, -0.2) is 8.42 Å². The molecule has 1 aromatic rings. The van der Waals surface area contributed by atoms with Crippen LogP contribution in [0.15, 0.2) is 27.6 Å². The highest BCUT2D eigenvalue weighted by Crippen LogP contribution is 2.27. The number of hydrogen-bond acceptors (Lipinski definition) is 2. The fourth-order valence-electron chi connectivity index (χ4n) is 0.809. The number of halogens is 2. The third kappa shape index (κ3) is 2.00. The monoisotopic (exact) mass is 268 g/mol. The van der Waals surface area contributed by atoms with Crippen LogP contribution >= 0.6 is 26.6 Å². The van der Waals surface area contributed by atoms with Crippen molar-refractivity contribution in [3.05, 3.63) is 28.2 Å². The zero-order chi connectivity index (χ0) is 9.35. The van der Waals surface area contributed by atoms with Gasteiger partial charge in [0.15, 0.2) is 0 Å². The van der Waals surface area contributed by atoms with E-state index in [9.17, 15) is 8.42 Å². The van der Waals surface area contributed by atoms with Gasteiger partial charge in [0.1, 0.15) is 0 Å². The molecule has 5 heteroatoms. The molecule has 66 valence electrons. The molecular formula is C7H6BrClO2S. The molecule has 0 heterocycles. The van der Waals surface area contributed by atoms with E-state index in [2.05, 4.69) is 15.9 Å². The summed E-state index contributed by atoms with van der Waals surface area (Å²) in [7, 11) is 1.55. The van der Waals surface area contributed by atoms with Gasteiger partial charge in [0.2, 0.25) is 0 Å². The van der Waals surface area contributed by atoms with E-state index in [0.717, 1.165) is 5.56 Å². The summed E-state index contributed by atoms with van der Waals surface area (Å²) in [6.07, 6.45) is 0. The second-order valence-electron chi connectivity index (χ2n) is 2.32. The molecule has 0 radical (unpaired) electrons. The van der Waals surface area contributed by atoms with Crippen LogP contribution in [0.3, 0.4) is 0 Å². The van der Waals surface area contributed by atoms with E-state index in [0.29, 0.717) is 4.47 Å². The molecule has 0 saturated heterocycles. The van der Waals surface area contributed by atoms with Crippen molar-refractivity contribution in [1.82, 2.24) is 0 Å². The van der Waals surface area contributed by atoms with Gasteiger partial charge in [0, 0.05) is 15.2 Å². The van der Waals surface area contributed by atoms with Crippen molar-refractivity contribution in [2.24, 2.45) is 0 Å². The van der Waals surface area contributed by atoms with Crippen molar-refractivity contribution in [2.75, 3.05) is 0 Å². The first kappa shape index (κ1) is 10.0. The number of rotatable bonds is 1. The van der Waals surface area contributed by atoms with E-state index in [1.54, 1.807) is 19.1 Å². The summed E-state index contributed by atoms with van der Waals surface area (Å²) in [4.78, 5) is 0.115. The van der Waals surface area contributed by atoms with Crippen LogP contribution in [-0.2, 0) is 9.05 Å². The van der Waals surface area contributed by atoms with Crippen LogP contribution in [0.5, 0.6) is 0 Å². The SMILES string of the molecule is Cc1cccc(S(=O)(=O)Cl)c1Br. The molecule has 0 aromatic heterocycles. The lowest BCUT2D eigenvalue weighted by Gasteiger charge is -2.01. The second kappa shape index (κ2) is 3.36. The summed E-state index contributed by atoms with van der Waals surface area (Å²) >= 11 is 3.15. The maximum atomic E-state index is 10.9. The van der Waals surface area contributed by atoms with Crippen molar-refractivity contribution in [1.29, 1.82) is 0 Å². The van der Waals surface area contributed by atoms with Crippen molar-refractivity contribution in [2.45, 2.75) is 11.8 Å². The Hall–Kier alpha value is -0.0600. The molecule has 1 aromatic carbocycles. The summed E-state index contributed by atoms with van der Waals surface area (Å²) in [5, 5.41) is 0. The fourth-order valence-corrected chi connectivity index (χ4v) is 2.99. The molecule has 0 fully saturated rings. The molecular weight excluding hydrogens is 263 g/mol. The van der Waals surface area contributed by atoms with E-state index in [4.69, 9.17) is 10.7 Å². The van der Waals surface area contributed by atoms with Gasteiger partial charge in [-0.15, -0.1) is 0 Å². The molecule has 0 aliphatic heterocycles. The molecule has 12 heavy (non-hydrogen) atoms. The van der Waals surface area contributed by atoms with Gasteiger partial charge in [0.05, 0.1) is 4.90 Å². The molecule has 0 aliphatic rings. The largest absolute Gasteiger partial charge is 0.262 e. The number of benzene rings is 1. The molecule has 0 aliphatic carbocycles. The van der Waals surface area contributed by atoms with Crippen LogP contribution in [0.1, 0.15) is 5.56 Å². The van der Waals surface area contributed by atoms with Gasteiger partial charge in [-0.1, -0.05) is 12.1 Å². The number of hydrogen-bond donors (Lipinski definition) is 0. The summed E-state index contributed by atoms with van der Waals surface area (Å²) < 4.78 is 22.4. The van der Waals surface area contributed by atoms with Crippen LogP contribution in [-0.4, -0.2) is 8.42 Å². The molecule has 0 saturated carbocycles. The zero-order valence-corrected chi connectivity index (χ0v) is 9.37. The van der Waals surface area contributed by atoms with Gasteiger partial charge in [-0.05, 0) is 34.5 Å². The third-order valence-electron chi connectivity index (χ3n) is 1.42. The van der Waals surface area contributed by atoms with Crippen LogP contribution < -0.4 is 0 Å². The Bertz CT molecular complexity index is 400. The average Bonchev–Trinajstić information content (AvgIpc) is 1.92. The molecule has 0 unspecified atom stereocenters. The lowest BCUT2D eigenvalue weighted by Crippen LogP contribution is -1.93. The summed E-state index contributed by atoms with van der Waals surface area (Å²) in [5.41, 5.74) is 0.844. The maximum Gasteiger partial charge on any atom is 0.262 e. The topological polar surface area (TPSA) is 34.1 Å². The first-order valence-corrected chi connectivity index (χ1v) is 6.23. The van der Waals surface area contributed by atoms with E-state index in [-0.39, 0.29) is 4.90 Å². The highest BCUT2D eigenvalue weighted by Gasteiger charge is 2.14. The molecule has 1 rings (SSSR count). The minimum atomic E-state index is -3.63. The van der Waals surface area contributed by atoms with Crippen LogP contribution in [0.4, 0.5) is 0 Å². The van der Waals surface area contributed by atoms with Gasteiger partial charge in [0.25, 0.3) is 9.05 Å². The highest BCUT2D eigenvalue weighted by molar-refractivity contribution is 9.10. The molecule has 0 N–H and O–H groups in total. The van der Waals surface area contributed by atoms with Gasteiger partial charge in [-0.3, -0.25) is 0 Å². The Labute approximate surface area is 84.1 Å². The maximum absolute atomic E-state index is 10.9. The first-order chi connectivity index (χ1) is 5.43. The van der Waals surface area contributed by atoms with Crippen LogP contribution in [0.2, 0.25) is 0 Å².